The Kier molecular flexibility index (Phi) is 3.84. The summed E-state index contributed by atoms with van der Waals surface area (Å²) in [5.41, 5.74) is 0. The van der Waals surface area contributed by atoms with Gasteiger partial charge < -0.3 is 0 Å². The summed E-state index contributed by atoms with van der Waals surface area (Å²) in [4.78, 5) is 0. The zero-order valence-corrected chi connectivity index (χ0v) is 6.76. The molecule has 10 heavy (non-hydrogen) atoms. The van der Waals surface area contributed by atoms with Crippen molar-refractivity contribution < 1.29 is 0 Å². The molecule has 0 spiro atoms. The van der Waals surface area contributed by atoms with Gasteiger partial charge in [0.2, 0.25) is 0 Å². The van der Waals surface area contributed by atoms with Crippen molar-refractivity contribution in [3.63, 3.8) is 0 Å². The number of hydrogen-bond donors (Lipinski definition) is 0. The summed E-state index contributed by atoms with van der Waals surface area (Å²) >= 11 is 5.74. The van der Waals surface area contributed by atoms with E-state index in [9.17, 15) is 0 Å². The Balaban J connectivity index is 4.09. The number of alkyl halides is 1. The summed E-state index contributed by atoms with van der Waals surface area (Å²) in [6.45, 7) is 3.78. The number of rotatable bonds is 2. The van der Waals surface area contributed by atoms with Crippen molar-refractivity contribution in [2.75, 3.05) is 0 Å². The molecule has 0 radical (unpaired) electrons. The minimum Gasteiger partial charge on any atom is -0.197 e. The van der Waals surface area contributed by atoms with E-state index in [1.165, 1.54) is 0 Å². The second-order valence-corrected chi connectivity index (χ2v) is 2.93. The van der Waals surface area contributed by atoms with Gasteiger partial charge in [-0.05, 0) is 5.92 Å². The Morgan fingerprint density at radius 3 is 1.70 bits per heavy atom. The third-order valence-electron chi connectivity index (χ3n) is 1.23. The summed E-state index contributed by atoms with van der Waals surface area (Å²) in [5.74, 6) is -0.507. The van der Waals surface area contributed by atoms with Crippen molar-refractivity contribution in [2.45, 2.75) is 19.2 Å². The predicted octanol–water partition coefficient (Wildman–Crippen LogP) is 1.91. The zero-order valence-electron chi connectivity index (χ0n) is 6.00. The van der Waals surface area contributed by atoms with E-state index < -0.39 is 5.92 Å². The molecule has 0 aromatic carbocycles. The molecule has 0 saturated carbocycles. The van der Waals surface area contributed by atoms with Crippen molar-refractivity contribution >= 4 is 11.6 Å². The van der Waals surface area contributed by atoms with Gasteiger partial charge in [-0.1, -0.05) is 13.8 Å². The van der Waals surface area contributed by atoms with Crippen LogP contribution in [0.5, 0.6) is 0 Å². The molecule has 0 amide bonds. The Bertz CT molecular complexity index is 161. The maximum Gasteiger partial charge on any atom is 0.149 e. The molecule has 0 heterocycles. The highest BCUT2D eigenvalue weighted by atomic mass is 35.5. The van der Waals surface area contributed by atoms with Gasteiger partial charge in [0.05, 0.1) is 17.5 Å². The summed E-state index contributed by atoms with van der Waals surface area (Å²) in [7, 11) is 0. The molecular formula is C7H9ClN2. The van der Waals surface area contributed by atoms with E-state index in [4.69, 9.17) is 22.1 Å². The van der Waals surface area contributed by atoms with Crippen molar-refractivity contribution in [1.82, 2.24) is 0 Å². The molecule has 2 nitrogen and oxygen atoms in total. The highest BCUT2D eigenvalue weighted by Gasteiger charge is 2.20. The Morgan fingerprint density at radius 1 is 1.20 bits per heavy atom. The maximum absolute atomic E-state index is 8.39. The van der Waals surface area contributed by atoms with Crippen LogP contribution in [0.3, 0.4) is 0 Å². The first kappa shape index (κ1) is 9.27. The van der Waals surface area contributed by atoms with E-state index in [0.717, 1.165) is 0 Å². The molecule has 0 aliphatic heterocycles. The first-order valence-electron chi connectivity index (χ1n) is 3.06. The van der Waals surface area contributed by atoms with Gasteiger partial charge in [-0.2, -0.15) is 10.5 Å². The monoisotopic (exact) mass is 156 g/mol. The van der Waals surface area contributed by atoms with Crippen molar-refractivity contribution in [3.05, 3.63) is 0 Å². The minimum absolute atomic E-state index is 0.172. The fraction of sp³-hybridized carbons (Fsp3) is 0.714. The van der Waals surface area contributed by atoms with Crippen LogP contribution in [0.4, 0.5) is 0 Å². The number of hydrogen-bond acceptors (Lipinski definition) is 2. The van der Waals surface area contributed by atoms with E-state index in [2.05, 4.69) is 0 Å². The summed E-state index contributed by atoms with van der Waals surface area (Å²) < 4.78 is 0. The second kappa shape index (κ2) is 4.14. The average molecular weight is 157 g/mol. The topological polar surface area (TPSA) is 47.6 Å². The van der Waals surface area contributed by atoms with Gasteiger partial charge >= 0.3 is 0 Å². The van der Waals surface area contributed by atoms with Crippen LogP contribution in [0.15, 0.2) is 0 Å². The molecule has 1 unspecified atom stereocenters. The lowest BCUT2D eigenvalue weighted by Crippen LogP contribution is -2.17. The summed E-state index contributed by atoms with van der Waals surface area (Å²) in [6.07, 6.45) is 0. The Morgan fingerprint density at radius 2 is 1.60 bits per heavy atom. The molecule has 54 valence electrons. The van der Waals surface area contributed by atoms with Crippen LogP contribution < -0.4 is 0 Å². The van der Waals surface area contributed by atoms with Crippen LogP contribution in [0, 0.1) is 34.5 Å². The van der Waals surface area contributed by atoms with Crippen LogP contribution in [-0.4, -0.2) is 5.38 Å². The van der Waals surface area contributed by atoms with Gasteiger partial charge in [0.1, 0.15) is 5.92 Å². The average Bonchev–Trinajstić information content (AvgIpc) is 1.90. The van der Waals surface area contributed by atoms with E-state index in [-0.39, 0.29) is 11.3 Å². The molecule has 0 aromatic heterocycles. The molecule has 0 rings (SSSR count). The molecule has 0 bridgehead atoms. The number of nitriles is 2. The van der Waals surface area contributed by atoms with Gasteiger partial charge in [-0.15, -0.1) is 11.6 Å². The van der Waals surface area contributed by atoms with Gasteiger partial charge in [-0.3, -0.25) is 0 Å². The molecule has 0 aliphatic rings. The molecule has 0 fully saturated rings. The largest absolute Gasteiger partial charge is 0.197 e. The third kappa shape index (κ3) is 2.25. The smallest absolute Gasteiger partial charge is 0.149 e. The van der Waals surface area contributed by atoms with E-state index >= 15 is 0 Å². The van der Waals surface area contributed by atoms with Gasteiger partial charge in [0.15, 0.2) is 0 Å². The number of nitrogens with zero attached hydrogens (tertiary/aromatic N) is 2. The lowest BCUT2D eigenvalue weighted by molar-refractivity contribution is 0.555. The molecular weight excluding hydrogens is 148 g/mol. The predicted molar refractivity (Wildman–Crippen MR) is 39.2 cm³/mol. The summed E-state index contributed by atoms with van der Waals surface area (Å²) in [5, 5.41) is 16.4. The van der Waals surface area contributed by atoms with Crippen molar-refractivity contribution in [3.8, 4) is 12.1 Å². The summed E-state index contributed by atoms with van der Waals surface area (Å²) in [6, 6.07) is 3.68. The van der Waals surface area contributed by atoms with Crippen LogP contribution in [0.1, 0.15) is 13.8 Å². The lowest BCUT2D eigenvalue weighted by atomic mass is 9.99. The SMILES string of the molecule is CC(C)C(Cl)C(C#N)C#N. The normalized spacial score (nSPS) is 12.7. The standard InChI is InChI=1S/C7H9ClN2/c1-5(2)7(8)6(3-9)4-10/h5-7H,1-2H3. The van der Waals surface area contributed by atoms with Crippen LogP contribution in [-0.2, 0) is 0 Å². The van der Waals surface area contributed by atoms with Crippen LogP contribution >= 0.6 is 11.6 Å². The van der Waals surface area contributed by atoms with Crippen molar-refractivity contribution in [1.29, 1.82) is 10.5 Å². The first-order chi connectivity index (χ1) is 4.63. The molecule has 0 N–H and O–H groups in total. The highest BCUT2D eigenvalue weighted by molar-refractivity contribution is 6.21. The minimum atomic E-state index is -0.679. The van der Waals surface area contributed by atoms with Crippen LogP contribution in [0.25, 0.3) is 0 Å². The molecule has 0 aromatic rings. The second-order valence-electron chi connectivity index (χ2n) is 2.42. The molecule has 0 aliphatic carbocycles. The van der Waals surface area contributed by atoms with Gasteiger partial charge in [-0.25, -0.2) is 0 Å². The fourth-order valence-corrected chi connectivity index (χ4v) is 0.669. The molecule has 1 atom stereocenters. The highest BCUT2D eigenvalue weighted by Crippen LogP contribution is 2.17. The zero-order chi connectivity index (χ0) is 8.15. The van der Waals surface area contributed by atoms with Gasteiger partial charge in [0.25, 0.3) is 0 Å². The van der Waals surface area contributed by atoms with Crippen LogP contribution in [0.2, 0.25) is 0 Å². The Hall–Kier alpha value is -0.730. The maximum atomic E-state index is 8.39. The third-order valence-corrected chi connectivity index (χ3v) is 1.99. The van der Waals surface area contributed by atoms with Gasteiger partial charge in [0, 0.05) is 0 Å². The Labute approximate surface area is 66.0 Å². The lowest BCUT2D eigenvalue weighted by Gasteiger charge is -2.11. The van der Waals surface area contributed by atoms with E-state index in [1.807, 2.05) is 26.0 Å². The quantitative estimate of drug-likeness (QED) is 0.574. The van der Waals surface area contributed by atoms with Crippen molar-refractivity contribution in [2.24, 2.45) is 11.8 Å². The molecule has 3 heteroatoms. The number of halogens is 1. The van der Waals surface area contributed by atoms with E-state index in [0.29, 0.717) is 0 Å². The molecule has 0 saturated heterocycles. The first-order valence-corrected chi connectivity index (χ1v) is 3.50. The van der Waals surface area contributed by atoms with E-state index in [1.54, 1.807) is 0 Å². The fourth-order valence-electron chi connectivity index (χ4n) is 0.556.